The first-order valence-electron chi connectivity index (χ1n) is 8.48. The molecule has 7 nitrogen and oxygen atoms in total. The Labute approximate surface area is 138 Å². The molecule has 1 saturated heterocycles. The van der Waals surface area contributed by atoms with E-state index in [0.717, 1.165) is 43.6 Å². The van der Waals surface area contributed by atoms with Crippen LogP contribution in [0.15, 0.2) is 4.99 Å². The van der Waals surface area contributed by atoms with E-state index in [1.807, 2.05) is 18.5 Å². The Kier molecular flexibility index (Phi) is 6.38. The predicted molar refractivity (Wildman–Crippen MR) is 91.3 cm³/mol. The van der Waals surface area contributed by atoms with Gasteiger partial charge in [-0.1, -0.05) is 13.8 Å². The lowest BCUT2D eigenvalue weighted by Crippen LogP contribution is -2.46. The van der Waals surface area contributed by atoms with Crippen LogP contribution >= 0.6 is 0 Å². The molecule has 2 atom stereocenters. The van der Waals surface area contributed by atoms with Crippen molar-refractivity contribution in [1.29, 1.82) is 0 Å². The van der Waals surface area contributed by atoms with Gasteiger partial charge >= 0.3 is 0 Å². The van der Waals surface area contributed by atoms with Crippen molar-refractivity contribution in [2.24, 2.45) is 18.0 Å². The van der Waals surface area contributed by atoms with E-state index in [1.165, 1.54) is 0 Å². The Morgan fingerprint density at radius 3 is 2.74 bits per heavy atom. The van der Waals surface area contributed by atoms with Gasteiger partial charge in [-0.05, 0) is 32.6 Å². The van der Waals surface area contributed by atoms with Crippen LogP contribution in [0.2, 0.25) is 0 Å². The molecule has 2 unspecified atom stereocenters. The molecule has 0 radical (unpaired) electrons. The summed E-state index contributed by atoms with van der Waals surface area (Å²) in [5, 5.41) is 15.1. The van der Waals surface area contributed by atoms with E-state index in [2.05, 4.69) is 46.6 Å². The van der Waals surface area contributed by atoms with E-state index in [9.17, 15) is 0 Å². The van der Waals surface area contributed by atoms with Crippen LogP contribution in [-0.2, 0) is 18.3 Å². The number of hydrogen-bond donors (Lipinski definition) is 2. The summed E-state index contributed by atoms with van der Waals surface area (Å²) in [5.41, 5.74) is 0. The lowest BCUT2D eigenvalue weighted by molar-refractivity contribution is 0.113. The molecule has 2 heterocycles. The Hall–Kier alpha value is -1.63. The van der Waals surface area contributed by atoms with Gasteiger partial charge in [-0.15, -0.1) is 10.2 Å². The van der Waals surface area contributed by atoms with Crippen molar-refractivity contribution in [3.05, 3.63) is 11.6 Å². The third-order valence-electron chi connectivity index (χ3n) is 4.45. The number of ether oxygens (including phenoxy) is 1. The van der Waals surface area contributed by atoms with Crippen molar-refractivity contribution in [3.8, 4) is 0 Å². The Morgan fingerprint density at radius 2 is 2.17 bits per heavy atom. The van der Waals surface area contributed by atoms with Gasteiger partial charge in [0.15, 0.2) is 11.8 Å². The smallest absolute Gasteiger partial charge is 0.192 e. The van der Waals surface area contributed by atoms with Gasteiger partial charge in [-0.25, -0.2) is 4.99 Å². The summed E-state index contributed by atoms with van der Waals surface area (Å²) in [6.45, 7) is 10.7. The lowest BCUT2D eigenvalue weighted by atomic mass is 10.1. The van der Waals surface area contributed by atoms with Crippen molar-refractivity contribution in [3.63, 3.8) is 0 Å². The first kappa shape index (κ1) is 17.7. The van der Waals surface area contributed by atoms with Crippen molar-refractivity contribution in [2.45, 2.75) is 59.2 Å². The van der Waals surface area contributed by atoms with E-state index in [4.69, 9.17) is 4.74 Å². The summed E-state index contributed by atoms with van der Waals surface area (Å²) in [5.74, 6) is 3.09. The summed E-state index contributed by atoms with van der Waals surface area (Å²) in [4.78, 5) is 4.67. The minimum Gasteiger partial charge on any atom is -0.376 e. The maximum absolute atomic E-state index is 5.67. The highest BCUT2D eigenvalue weighted by Gasteiger charge is 2.17. The summed E-state index contributed by atoms with van der Waals surface area (Å²) < 4.78 is 7.63. The normalized spacial score (nSPS) is 20.1. The molecule has 2 N–H and O–H groups in total. The van der Waals surface area contributed by atoms with Gasteiger partial charge in [0.1, 0.15) is 12.4 Å². The summed E-state index contributed by atoms with van der Waals surface area (Å²) in [6.07, 6.45) is 2.54. The van der Waals surface area contributed by atoms with Gasteiger partial charge < -0.3 is 19.9 Å². The van der Waals surface area contributed by atoms with Crippen LogP contribution in [0.3, 0.4) is 0 Å². The molecule has 23 heavy (non-hydrogen) atoms. The van der Waals surface area contributed by atoms with Crippen molar-refractivity contribution in [1.82, 2.24) is 25.4 Å². The van der Waals surface area contributed by atoms with Gasteiger partial charge in [0.2, 0.25) is 0 Å². The first-order valence-corrected chi connectivity index (χ1v) is 8.48. The molecule has 1 aliphatic rings. The van der Waals surface area contributed by atoms with Crippen LogP contribution in [0.1, 0.15) is 45.3 Å². The molecular weight excluding hydrogens is 292 g/mol. The molecule has 0 aliphatic carbocycles. The Morgan fingerprint density at radius 1 is 1.39 bits per heavy atom. The van der Waals surface area contributed by atoms with Crippen LogP contribution in [0.4, 0.5) is 0 Å². The van der Waals surface area contributed by atoms with Gasteiger partial charge in [0.05, 0.1) is 6.10 Å². The van der Waals surface area contributed by atoms with Crippen LogP contribution in [0.5, 0.6) is 0 Å². The number of aryl methyl sites for hydroxylation is 1. The second kappa shape index (κ2) is 8.29. The standard InChI is InChI=1S/C16H30N6O/c1-11(2)12(3)19-16(17-9-14-7-6-8-23-14)18-10-15-21-20-13(4)22(15)5/h11-12,14H,6-10H2,1-5H3,(H2,17,18,19). The molecule has 0 spiro atoms. The lowest BCUT2D eigenvalue weighted by Gasteiger charge is -2.22. The number of nitrogens with one attached hydrogen (secondary N) is 2. The Bertz CT molecular complexity index is 519. The molecule has 2 rings (SSSR count). The van der Waals surface area contributed by atoms with Crippen molar-refractivity contribution >= 4 is 5.96 Å². The highest BCUT2D eigenvalue weighted by atomic mass is 16.5. The number of hydrogen-bond acceptors (Lipinski definition) is 4. The maximum atomic E-state index is 5.67. The monoisotopic (exact) mass is 322 g/mol. The van der Waals surface area contributed by atoms with E-state index < -0.39 is 0 Å². The largest absolute Gasteiger partial charge is 0.376 e. The SMILES string of the molecule is Cc1nnc(CN=C(NCC2CCCO2)NC(C)C(C)C)n1C. The highest BCUT2D eigenvalue weighted by Crippen LogP contribution is 2.10. The molecule has 0 amide bonds. The molecule has 0 bridgehead atoms. The zero-order valence-electron chi connectivity index (χ0n) is 15.0. The summed E-state index contributed by atoms with van der Waals surface area (Å²) in [6, 6.07) is 0.340. The number of aromatic nitrogens is 3. The third kappa shape index (κ3) is 5.20. The molecule has 0 aromatic carbocycles. The molecule has 130 valence electrons. The second-order valence-electron chi connectivity index (χ2n) is 6.58. The van der Waals surface area contributed by atoms with Crippen LogP contribution in [0.25, 0.3) is 0 Å². The van der Waals surface area contributed by atoms with Gasteiger partial charge in [-0.2, -0.15) is 0 Å². The van der Waals surface area contributed by atoms with Crippen LogP contribution in [-0.4, -0.2) is 46.0 Å². The molecular formula is C16H30N6O. The quantitative estimate of drug-likeness (QED) is 0.611. The minimum atomic E-state index is 0.286. The average Bonchev–Trinajstić information content (AvgIpc) is 3.14. The van der Waals surface area contributed by atoms with Gasteiger partial charge in [-0.3, -0.25) is 0 Å². The minimum absolute atomic E-state index is 0.286. The fourth-order valence-corrected chi connectivity index (χ4v) is 2.29. The van der Waals surface area contributed by atoms with E-state index >= 15 is 0 Å². The number of aliphatic imine (C=N–C) groups is 1. The topological polar surface area (TPSA) is 76.4 Å². The van der Waals surface area contributed by atoms with Crippen molar-refractivity contribution in [2.75, 3.05) is 13.2 Å². The summed E-state index contributed by atoms with van der Waals surface area (Å²) >= 11 is 0. The summed E-state index contributed by atoms with van der Waals surface area (Å²) in [7, 11) is 1.96. The van der Waals surface area contributed by atoms with E-state index in [-0.39, 0.29) is 6.10 Å². The van der Waals surface area contributed by atoms with Crippen LogP contribution in [0, 0.1) is 12.8 Å². The first-order chi connectivity index (χ1) is 11.0. The number of guanidine groups is 1. The second-order valence-corrected chi connectivity index (χ2v) is 6.58. The fraction of sp³-hybridized carbons (Fsp3) is 0.812. The molecule has 1 aromatic rings. The average molecular weight is 322 g/mol. The molecule has 1 fully saturated rings. The third-order valence-corrected chi connectivity index (χ3v) is 4.45. The van der Waals surface area contributed by atoms with E-state index in [1.54, 1.807) is 0 Å². The number of rotatable bonds is 6. The Balaban J connectivity index is 1.98. The molecule has 7 heteroatoms. The zero-order valence-corrected chi connectivity index (χ0v) is 15.0. The zero-order chi connectivity index (χ0) is 16.8. The van der Waals surface area contributed by atoms with Crippen LogP contribution < -0.4 is 10.6 Å². The molecule has 1 aromatic heterocycles. The van der Waals surface area contributed by atoms with E-state index in [0.29, 0.717) is 18.5 Å². The van der Waals surface area contributed by atoms with Gasteiger partial charge in [0.25, 0.3) is 0 Å². The van der Waals surface area contributed by atoms with Crippen molar-refractivity contribution < 1.29 is 4.74 Å². The highest BCUT2D eigenvalue weighted by molar-refractivity contribution is 5.80. The number of nitrogens with zero attached hydrogens (tertiary/aromatic N) is 4. The molecule has 1 aliphatic heterocycles. The van der Waals surface area contributed by atoms with Gasteiger partial charge in [0, 0.05) is 26.2 Å². The fourth-order valence-electron chi connectivity index (χ4n) is 2.29. The predicted octanol–water partition coefficient (Wildman–Crippen LogP) is 1.38. The maximum Gasteiger partial charge on any atom is 0.192 e. The molecule has 0 saturated carbocycles.